The molecular weight excluding hydrogens is 174 g/mol. The fourth-order valence-corrected chi connectivity index (χ4v) is 1.47. The number of benzene rings is 1. The fourth-order valence-electron chi connectivity index (χ4n) is 1.47. The summed E-state index contributed by atoms with van der Waals surface area (Å²) >= 11 is 0. The maximum atomic E-state index is 5.73. The third-order valence-electron chi connectivity index (χ3n) is 2.46. The van der Waals surface area contributed by atoms with Gasteiger partial charge < -0.3 is 10.3 Å². The van der Waals surface area contributed by atoms with Crippen LogP contribution in [0.25, 0.3) is 11.3 Å². The minimum atomic E-state index is 0.557. The van der Waals surface area contributed by atoms with E-state index >= 15 is 0 Å². The highest BCUT2D eigenvalue weighted by Crippen LogP contribution is 2.23. The first-order valence-corrected chi connectivity index (χ1v) is 4.54. The molecule has 72 valence electrons. The van der Waals surface area contributed by atoms with Crippen LogP contribution >= 0.6 is 0 Å². The van der Waals surface area contributed by atoms with Gasteiger partial charge in [0.15, 0.2) is 0 Å². The van der Waals surface area contributed by atoms with Gasteiger partial charge in [0.25, 0.3) is 0 Å². The van der Waals surface area contributed by atoms with Gasteiger partial charge >= 0.3 is 0 Å². The Labute approximate surface area is 83.2 Å². The van der Waals surface area contributed by atoms with Gasteiger partial charge in [0.1, 0.15) is 0 Å². The standard InChI is InChI=1S/C11H13N3/c1-8-10(13-11(12)14(8)2)9-6-4-3-5-7-9/h3-7H,1-2H3,(H2,12,13). The van der Waals surface area contributed by atoms with Gasteiger partial charge in [-0.1, -0.05) is 30.3 Å². The molecule has 2 rings (SSSR count). The lowest BCUT2D eigenvalue weighted by Crippen LogP contribution is -1.97. The number of nitrogen functional groups attached to an aromatic ring is 1. The maximum absolute atomic E-state index is 5.73. The highest BCUT2D eigenvalue weighted by atomic mass is 15.1. The van der Waals surface area contributed by atoms with Crippen molar-refractivity contribution in [1.82, 2.24) is 9.55 Å². The summed E-state index contributed by atoms with van der Waals surface area (Å²) in [5.74, 6) is 0.557. The van der Waals surface area contributed by atoms with E-state index in [2.05, 4.69) is 4.98 Å². The summed E-state index contributed by atoms with van der Waals surface area (Å²) in [7, 11) is 1.92. The van der Waals surface area contributed by atoms with Crippen LogP contribution in [-0.2, 0) is 7.05 Å². The summed E-state index contributed by atoms with van der Waals surface area (Å²) in [5, 5.41) is 0. The van der Waals surface area contributed by atoms with Crippen molar-refractivity contribution in [3.8, 4) is 11.3 Å². The van der Waals surface area contributed by atoms with Crippen LogP contribution in [0.4, 0.5) is 5.95 Å². The smallest absolute Gasteiger partial charge is 0.200 e. The summed E-state index contributed by atoms with van der Waals surface area (Å²) in [6, 6.07) is 10.1. The van der Waals surface area contributed by atoms with Gasteiger partial charge in [-0.25, -0.2) is 4.98 Å². The first-order valence-electron chi connectivity index (χ1n) is 4.54. The van der Waals surface area contributed by atoms with Gasteiger partial charge in [0.05, 0.1) is 5.69 Å². The predicted octanol–water partition coefficient (Wildman–Crippen LogP) is 1.98. The molecule has 0 bridgehead atoms. The molecule has 1 aromatic carbocycles. The Balaban J connectivity index is 2.58. The molecule has 0 fully saturated rings. The summed E-state index contributed by atoms with van der Waals surface area (Å²) < 4.78 is 1.89. The van der Waals surface area contributed by atoms with Crippen LogP contribution in [0.3, 0.4) is 0 Å². The first kappa shape index (κ1) is 8.81. The number of nitrogens with two attached hydrogens (primary N) is 1. The largest absolute Gasteiger partial charge is 0.369 e. The molecule has 0 saturated carbocycles. The van der Waals surface area contributed by atoms with Crippen molar-refractivity contribution in [3.05, 3.63) is 36.0 Å². The third kappa shape index (κ3) is 1.27. The topological polar surface area (TPSA) is 43.8 Å². The van der Waals surface area contributed by atoms with Gasteiger partial charge in [-0.3, -0.25) is 0 Å². The van der Waals surface area contributed by atoms with Crippen molar-refractivity contribution in [1.29, 1.82) is 0 Å². The number of hydrogen-bond acceptors (Lipinski definition) is 2. The summed E-state index contributed by atoms with van der Waals surface area (Å²) in [4.78, 5) is 4.32. The van der Waals surface area contributed by atoms with E-state index in [1.54, 1.807) is 0 Å². The lowest BCUT2D eigenvalue weighted by atomic mass is 10.1. The van der Waals surface area contributed by atoms with Crippen LogP contribution in [-0.4, -0.2) is 9.55 Å². The van der Waals surface area contributed by atoms with Crippen LogP contribution in [0, 0.1) is 6.92 Å². The van der Waals surface area contributed by atoms with E-state index in [4.69, 9.17) is 5.73 Å². The Morgan fingerprint density at radius 1 is 1.21 bits per heavy atom. The molecule has 1 heterocycles. The molecule has 3 nitrogen and oxygen atoms in total. The lowest BCUT2D eigenvalue weighted by molar-refractivity contribution is 0.889. The minimum Gasteiger partial charge on any atom is -0.369 e. The molecule has 2 N–H and O–H groups in total. The first-order chi connectivity index (χ1) is 6.70. The molecule has 0 amide bonds. The predicted molar refractivity (Wildman–Crippen MR) is 57.8 cm³/mol. The average molecular weight is 187 g/mol. The zero-order valence-electron chi connectivity index (χ0n) is 8.36. The molecule has 1 aromatic heterocycles. The van der Waals surface area contributed by atoms with Crippen LogP contribution in [0.15, 0.2) is 30.3 Å². The Morgan fingerprint density at radius 2 is 1.86 bits per heavy atom. The van der Waals surface area contributed by atoms with Gasteiger partial charge in [-0.2, -0.15) is 0 Å². The van der Waals surface area contributed by atoms with E-state index in [1.807, 2.05) is 48.9 Å². The van der Waals surface area contributed by atoms with Crippen molar-refractivity contribution in [2.45, 2.75) is 6.92 Å². The molecular formula is C11H13N3. The molecule has 0 aliphatic rings. The fraction of sp³-hybridized carbons (Fsp3) is 0.182. The summed E-state index contributed by atoms with van der Waals surface area (Å²) in [6.45, 7) is 2.02. The number of imidazole rings is 1. The highest BCUT2D eigenvalue weighted by Gasteiger charge is 2.09. The monoisotopic (exact) mass is 187 g/mol. The van der Waals surface area contributed by atoms with Crippen molar-refractivity contribution >= 4 is 5.95 Å². The Hall–Kier alpha value is -1.77. The van der Waals surface area contributed by atoms with E-state index in [9.17, 15) is 0 Å². The van der Waals surface area contributed by atoms with E-state index in [0.29, 0.717) is 5.95 Å². The van der Waals surface area contributed by atoms with E-state index in [1.165, 1.54) is 0 Å². The minimum absolute atomic E-state index is 0.557. The Kier molecular flexibility index (Phi) is 2.00. The number of aromatic nitrogens is 2. The molecule has 0 spiro atoms. The number of rotatable bonds is 1. The maximum Gasteiger partial charge on any atom is 0.200 e. The van der Waals surface area contributed by atoms with Crippen LogP contribution in [0.1, 0.15) is 5.69 Å². The normalized spacial score (nSPS) is 10.4. The van der Waals surface area contributed by atoms with Gasteiger partial charge in [0, 0.05) is 18.3 Å². The molecule has 3 heteroatoms. The molecule has 0 saturated heterocycles. The summed E-state index contributed by atoms with van der Waals surface area (Å²) in [5.41, 5.74) is 8.89. The SMILES string of the molecule is Cc1c(-c2ccccc2)nc(N)n1C. The second-order valence-electron chi connectivity index (χ2n) is 3.33. The van der Waals surface area contributed by atoms with Crippen molar-refractivity contribution in [3.63, 3.8) is 0 Å². The van der Waals surface area contributed by atoms with E-state index in [-0.39, 0.29) is 0 Å². The average Bonchev–Trinajstić information content (AvgIpc) is 2.47. The zero-order chi connectivity index (χ0) is 10.1. The zero-order valence-corrected chi connectivity index (χ0v) is 8.36. The molecule has 14 heavy (non-hydrogen) atoms. The molecule has 2 aromatic rings. The number of hydrogen-bond donors (Lipinski definition) is 1. The van der Waals surface area contributed by atoms with Gasteiger partial charge in [0.2, 0.25) is 5.95 Å². The van der Waals surface area contributed by atoms with Gasteiger partial charge in [-0.05, 0) is 6.92 Å². The van der Waals surface area contributed by atoms with Crippen molar-refractivity contribution in [2.24, 2.45) is 7.05 Å². The molecule has 0 atom stereocenters. The number of nitrogens with zero attached hydrogens (tertiary/aromatic N) is 2. The van der Waals surface area contributed by atoms with Crippen LogP contribution in [0.5, 0.6) is 0 Å². The van der Waals surface area contributed by atoms with Crippen molar-refractivity contribution in [2.75, 3.05) is 5.73 Å². The Bertz CT molecular complexity index is 443. The second-order valence-corrected chi connectivity index (χ2v) is 3.33. The third-order valence-corrected chi connectivity index (χ3v) is 2.46. The van der Waals surface area contributed by atoms with Crippen molar-refractivity contribution < 1.29 is 0 Å². The van der Waals surface area contributed by atoms with Gasteiger partial charge in [-0.15, -0.1) is 0 Å². The Morgan fingerprint density at radius 3 is 2.36 bits per heavy atom. The molecule has 0 unspecified atom stereocenters. The number of anilines is 1. The van der Waals surface area contributed by atoms with E-state index in [0.717, 1.165) is 17.0 Å². The second kappa shape index (κ2) is 3.18. The molecule has 0 aliphatic heterocycles. The highest BCUT2D eigenvalue weighted by molar-refractivity contribution is 5.63. The van der Waals surface area contributed by atoms with E-state index < -0.39 is 0 Å². The van der Waals surface area contributed by atoms with Crippen LogP contribution < -0.4 is 5.73 Å². The molecule has 0 radical (unpaired) electrons. The lowest BCUT2D eigenvalue weighted by Gasteiger charge is -1.99. The summed E-state index contributed by atoms with van der Waals surface area (Å²) in [6.07, 6.45) is 0. The quantitative estimate of drug-likeness (QED) is 0.741. The van der Waals surface area contributed by atoms with Crippen LogP contribution in [0.2, 0.25) is 0 Å². The molecule has 0 aliphatic carbocycles.